The predicted octanol–water partition coefficient (Wildman–Crippen LogP) is 7.47. The van der Waals surface area contributed by atoms with Crippen LogP contribution in [0.15, 0.2) is 34.8 Å². The molecule has 0 saturated carbocycles. The van der Waals surface area contributed by atoms with Crippen LogP contribution in [-0.4, -0.2) is 16.4 Å². The van der Waals surface area contributed by atoms with Crippen LogP contribution in [0.4, 0.5) is 30.7 Å². The Labute approximate surface area is 174 Å². The van der Waals surface area contributed by atoms with E-state index in [1.807, 2.05) is 0 Å². The minimum absolute atomic E-state index is 0.0834. The summed E-state index contributed by atoms with van der Waals surface area (Å²) in [6.07, 6.45) is -9.93. The van der Waals surface area contributed by atoms with Gasteiger partial charge in [0, 0.05) is 32.6 Å². The third kappa shape index (κ3) is 5.76. The molecule has 2 aromatic carbocycles. The standard InChI is InChI=1S/C15H5BrClF7IO2/c16-8-4-7(5-9(6-8)26-15(22,23)24)12-10(17)2-1-3-11(12)27-14(20,21)13(18,19)25/h2-6H. The molecule has 2 aromatic rings. The molecule has 0 spiro atoms. The normalized spacial score (nSPS) is 12.8. The molecule has 0 heterocycles. The van der Waals surface area contributed by atoms with Gasteiger partial charge in [-0.15, -0.1) is 13.2 Å². The number of hydrogen-bond acceptors (Lipinski definition) is 2. The quantitative estimate of drug-likeness (QED) is 0.204. The van der Waals surface area contributed by atoms with Crippen LogP contribution < -0.4 is 9.47 Å². The molecule has 0 atom stereocenters. The fourth-order valence-electron chi connectivity index (χ4n) is 1.91. The largest absolute Gasteiger partial charge is 0.573 e. The van der Waals surface area contributed by atoms with Crippen LogP contribution >= 0.6 is 50.1 Å². The first kappa shape index (κ1) is 22.3. The van der Waals surface area contributed by atoms with E-state index in [0.29, 0.717) is 0 Å². The van der Waals surface area contributed by atoms with Crippen LogP contribution in [-0.2, 0) is 0 Å². The van der Waals surface area contributed by atoms with Gasteiger partial charge in [-0.25, -0.2) is 0 Å². The Kier molecular flexibility index (Phi) is 6.47. The number of ether oxygens (including phenoxy) is 2. The highest BCUT2D eigenvalue weighted by Gasteiger charge is 2.57. The molecule has 0 bridgehead atoms. The fourth-order valence-corrected chi connectivity index (χ4v) is 2.76. The highest BCUT2D eigenvalue weighted by atomic mass is 127. The number of benzene rings is 2. The van der Waals surface area contributed by atoms with Gasteiger partial charge in [-0.3, -0.25) is 0 Å². The molecule has 27 heavy (non-hydrogen) atoms. The van der Waals surface area contributed by atoms with Gasteiger partial charge < -0.3 is 9.47 Å². The highest BCUT2D eigenvalue weighted by molar-refractivity contribution is 14.1. The summed E-state index contributed by atoms with van der Waals surface area (Å²) in [6.45, 7) is 0. The third-order valence-electron chi connectivity index (χ3n) is 2.87. The van der Waals surface area contributed by atoms with Gasteiger partial charge in [0.25, 0.3) is 0 Å². The molecule has 0 saturated heterocycles. The van der Waals surface area contributed by atoms with E-state index < -0.39 is 27.9 Å². The van der Waals surface area contributed by atoms with Crippen molar-refractivity contribution in [1.29, 1.82) is 0 Å². The molecule has 0 unspecified atom stereocenters. The number of hydrogen-bond donors (Lipinski definition) is 0. The van der Waals surface area contributed by atoms with Crippen molar-refractivity contribution in [1.82, 2.24) is 0 Å². The summed E-state index contributed by atoms with van der Waals surface area (Å²) in [5.74, 6) is -1.49. The summed E-state index contributed by atoms with van der Waals surface area (Å²) < 4.78 is 94.1. The van der Waals surface area contributed by atoms with Crippen LogP contribution in [0.3, 0.4) is 0 Å². The smallest absolute Gasteiger partial charge is 0.427 e. The average Bonchev–Trinajstić information content (AvgIpc) is 2.42. The second kappa shape index (κ2) is 7.82. The maximum atomic E-state index is 13.6. The van der Waals surface area contributed by atoms with E-state index in [1.165, 1.54) is 6.07 Å². The molecule has 0 N–H and O–H groups in total. The lowest BCUT2D eigenvalue weighted by atomic mass is 10.0. The number of rotatable bonds is 5. The molecule has 147 valence electrons. The van der Waals surface area contributed by atoms with Crippen molar-refractivity contribution in [2.75, 3.05) is 0 Å². The van der Waals surface area contributed by atoms with Crippen molar-refractivity contribution in [2.45, 2.75) is 16.4 Å². The van der Waals surface area contributed by atoms with Crippen LogP contribution in [0, 0.1) is 6.07 Å². The maximum Gasteiger partial charge on any atom is 0.573 e. The highest BCUT2D eigenvalue weighted by Crippen LogP contribution is 2.46. The average molecular weight is 592 g/mol. The molecule has 12 heteroatoms. The zero-order valence-corrected chi connectivity index (χ0v) is 17.0. The van der Waals surface area contributed by atoms with Crippen molar-refractivity contribution in [2.24, 2.45) is 0 Å². The Balaban J connectivity index is 2.57. The van der Waals surface area contributed by atoms with Crippen molar-refractivity contribution < 1.29 is 40.2 Å². The Bertz CT molecular complexity index is 840. The fraction of sp³-hybridized carbons (Fsp3) is 0.200. The summed E-state index contributed by atoms with van der Waals surface area (Å²) in [4.78, 5) is 0. The number of alkyl halides is 8. The van der Waals surface area contributed by atoms with E-state index in [9.17, 15) is 30.7 Å². The molecular weight excluding hydrogens is 587 g/mol. The lowest BCUT2D eigenvalue weighted by Crippen LogP contribution is -2.40. The van der Waals surface area contributed by atoms with Gasteiger partial charge in [-0.1, -0.05) is 27.5 Å². The lowest BCUT2D eigenvalue weighted by molar-refractivity contribution is -0.274. The third-order valence-corrected chi connectivity index (χ3v) is 4.26. The van der Waals surface area contributed by atoms with Gasteiger partial charge in [-0.05, 0) is 42.0 Å². The van der Waals surface area contributed by atoms with Crippen LogP contribution in [0.2, 0.25) is 5.02 Å². The molecular formula is C15H5BrClF7IO2. The van der Waals surface area contributed by atoms with Crippen LogP contribution in [0.1, 0.15) is 0 Å². The summed E-state index contributed by atoms with van der Waals surface area (Å²) >= 11 is 9.08. The van der Waals surface area contributed by atoms with E-state index in [2.05, 4.69) is 31.5 Å². The Morgan fingerprint density at radius 1 is 0.963 bits per heavy atom. The van der Waals surface area contributed by atoms with Crippen molar-refractivity contribution in [3.8, 4) is 22.6 Å². The second-order valence-electron chi connectivity index (χ2n) is 4.88. The van der Waals surface area contributed by atoms with E-state index >= 15 is 0 Å². The van der Waals surface area contributed by atoms with Crippen LogP contribution in [0.5, 0.6) is 11.5 Å². The first-order chi connectivity index (χ1) is 12.2. The first-order valence-electron chi connectivity index (χ1n) is 6.59. The van der Waals surface area contributed by atoms with Crippen LogP contribution in [0.25, 0.3) is 11.1 Å². The molecule has 0 aliphatic heterocycles. The monoisotopic (exact) mass is 591 g/mol. The van der Waals surface area contributed by atoms with Gasteiger partial charge in [0.05, 0.1) is 5.02 Å². The van der Waals surface area contributed by atoms with Crippen molar-refractivity contribution in [3.63, 3.8) is 0 Å². The number of halogens is 10. The van der Waals surface area contributed by atoms with Gasteiger partial charge >= 0.3 is 16.4 Å². The Morgan fingerprint density at radius 3 is 2.15 bits per heavy atom. The SMILES string of the molecule is FC(F)(F)Oc1cc(Br)cc(-c2c(Cl)c[c]cc2OC(F)(F)C(F)(F)I)c1. The van der Waals surface area contributed by atoms with E-state index in [1.54, 1.807) is 0 Å². The van der Waals surface area contributed by atoms with Crippen molar-refractivity contribution >= 4 is 50.1 Å². The Morgan fingerprint density at radius 2 is 1.59 bits per heavy atom. The molecule has 0 fully saturated rings. The topological polar surface area (TPSA) is 18.5 Å². The van der Waals surface area contributed by atoms with Gasteiger partial charge in [-0.2, -0.15) is 17.6 Å². The van der Waals surface area contributed by atoms with Gasteiger partial charge in [0.2, 0.25) is 0 Å². The molecule has 1 radical (unpaired) electrons. The molecule has 2 rings (SSSR count). The molecule has 0 aliphatic rings. The van der Waals surface area contributed by atoms with Gasteiger partial charge in [0.1, 0.15) is 11.5 Å². The minimum Gasteiger partial charge on any atom is -0.427 e. The predicted molar refractivity (Wildman–Crippen MR) is 94.6 cm³/mol. The first-order valence-corrected chi connectivity index (χ1v) is 8.84. The molecule has 0 amide bonds. The van der Waals surface area contributed by atoms with E-state index in [4.69, 9.17) is 11.6 Å². The van der Waals surface area contributed by atoms with Gasteiger partial charge in [0.15, 0.2) is 0 Å². The second-order valence-corrected chi connectivity index (χ2v) is 7.56. The molecule has 2 nitrogen and oxygen atoms in total. The zero-order chi connectivity index (χ0) is 20.6. The zero-order valence-electron chi connectivity index (χ0n) is 12.5. The van der Waals surface area contributed by atoms with Crippen molar-refractivity contribution in [3.05, 3.63) is 45.9 Å². The molecule has 0 aromatic heterocycles. The Hall–Kier alpha value is -0.950. The van der Waals surface area contributed by atoms with E-state index in [0.717, 1.165) is 24.3 Å². The summed E-state index contributed by atoms with van der Waals surface area (Å²) in [6, 6.07) is 7.26. The minimum atomic E-state index is -5.01. The summed E-state index contributed by atoms with van der Waals surface area (Å²) in [7, 11) is 0. The lowest BCUT2D eigenvalue weighted by Gasteiger charge is -2.24. The molecule has 0 aliphatic carbocycles. The summed E-state index contributed by atoms with van der Waals surface area (Å²) in [5, 5.41) is -0.267. The van der Waals surface area contributed by atoms with E-state index in [-0.39, 0.29) is 43.2 Å². The maximum absolute atomic E-state index is 13.6. The summed E-state index contributed by atoms with van der Waals surface area (Å²) in [5.41, 5.74) is -0.491.